The summed E-state index contributed by atoms with van der Waals surface area (Å²) in [4.78, 5) is 0. The van der Waals surface area contributed by atoms with Crippen LogP contribution in [0.15, 0.2) is 12.1 Å². The smallest absolute Gasteiger partial charge is 0.200 e. The lowest BCUT2D eigenvalue weighted by molar-refractivity contribution is 0.628. The number of aromatic nitrogens is 5. The molecule has 1 aliphatic rings. The van der Waals surface area contributed by atoms with E-state index in [1.54, 1.807) is 0 Å². The van der Waals surface area contributed by atoms with Gasteiger partial charge in [-0.2, -0.15) is 0 Å². The minimum atomic E-state index is 0.430. The predicted molar refractivity (Wildman–Crippen MR) is 62.7 cm³/mol. The van der Waals surface area contributed by atoms with Crippen LogP contribution in [0, 0.1) is 0 Å². The van der Waals surface area contributed by atoms with Crippen molar-refractivity contribution in [1.82, 2.24) is 30.6 Å². The largest absolute Gasteiger partial charge is 0.365 e. The normalized spacial score (nSPS) is 21.3. The molecule has 7 nitrogen and oxygen atoms in total. The molecule has 0 aliphatic carbocycles. The molecule has 3 heterocycles. The highest BCUT2D eigenvalue weighted by Gasteiger charge is 2.12. The van der Waals surface area contributed by atoms with Gasteiger partial charge in [-0.1, -0.05) is 6.42 Å². The molecular formula is C10H15N7. The Bertz CT molecular complexity index is 486. The Morgan fingerprint density at radius 2 is 2.35 bits per heavy atom. The lowest BCUT2D eigenvalue weighted by atomic mass is 10.1. The Balaban J connectivity index is 1.74. The number of fused-ring (bicyclic) bond motifs is 1. The molecule has 0 aromatic carbocycles. The Labute approximate surface area is 98.6 Å². The van der Waals surface area contributed by atoms with Crippen molar-refractivity contribution in [2.24, 2.45) is 0 Å². The minimum Gasteiger partial charge on any atom is -0.365 e. The number of nitrogens with one attached hydrogen (secondary N) is 2. The molecule has 7 heteroatoms. The van der Waals surface area contributed by atoms with Crippen LogP contribution in [0.1, 0.15) is 19.3 Å². The monoisotopic (exact) mass is 233 g/mol. The van der Waals surface area contributed by atoms with E-state index >= 15 is 0 Å². The summed E-state index contributed by atoms with van der Waals surface area (Å²) in [5, 5.41) is 22.3. The van der Waals surface area contributed by atoms with Crippen LogP contribution in [-0.4, -0.2) is 44.4 Å². The molecule has 0 amide bonds. The van der Waals surface area contributed by atoms with E-state index in [1.807, 2.05) is 12.1 Å². The van der Waals surface area contributed by atoms with Gasteiger partial charge in [0.15, 0.2) is 5.65 Å². The lowest BCUT2D eigenvalue weighted by Gasteiger charge is -2.16. The predicted octanol–water partition coefficient (Wildman–Crippen LogP) is 0.0733. The fourth-order valence-electron chi connectivity index (χ4n) is 2.08. The number of anilines is 1. The van der Waals surface area contributed by atoms with Gasteiger partial charge in [-0.15, -0.1) is 14.8 Å². The summed E-state index contributed by atoms with van der Waals surface area (Å²) in [7, 11) is 0. The van der Waals surface area contributed by atoms with E-state index in [9.17, 15) is 0 Å². The van der Waals surface area contributed by atoms with Crippen LogP contribution < -0.4 is 10.6 Å². The van der Waals surface area contributed by atoms with E-state index in [2.05, 4.69) is 31.3 Å². The first-order valence-corrected chi connectivity index (χ1v) is 5.94. The number of hydrogen-bond acceptors (Lipinski definition) is 6. The molecule has 3 rings (SSSR count). The Hall–Kier alpha value is -1.76. The molecule has 0 radical (unpaired) electrons. The van der Waals surface area contributed by atoms with Gasteiger partial charge < -0.3 is 10.6 Å². The summed E-state index contributed by atoms with van der Waals surface area (Å²) in [6, 6.07) is 4.20. The van der Waals surface area contributed by atoms with E-state index in [4.69, 9.17) is 0 Å². The molecular weight excluding hydrogens is 218 g/mol. The lowest BCUT2D eigenvalue weighted by Crippen LogP contribution is -2.31. The van der Waals surface area contributed by atoms with Crippen LogP contribution in [-0.2, 0) is 0 Å². The van der Waals surface area contributed by atoms with Gasteiger partial charge in [0.2, 0.25) is 0 Å². The van der Waals surface area contributed by atoms with Crippen LogP contribution in [0.5, 0.6) is 0 Å². The van der Waals surface area contributed by atoms with Gasteiger partial charge in [0.1, 0.15) is 5.82 Å². The highest BCUT2D eigenvalue weighted by atomic mass is 15.6. The van der Waals surface area contributed by atoms with Crippen molar-refractivity contribution in [1.29, 1.82) is 0 Å². The zero-order chi connectivity index (χ0) is 11.5. The summed E-state index contributed by atoms with van der Waals surface area (Å²) < 4.78 is 1.44. The number of nitrogens with zero attached hydrogens (tertiary/aromatic N) is 5. The van der Waals surface area contributed by atoms with Crippen LogP contribution in [0.4, 0.5) is 5.82 Å². The average molecular weight is 233 g/mol. The standard InChI is InChI=1S/C10H15N7/c1-2-6-11-7-8(3-1)12-9-4-5-10-13-15-16-17(10)14-9/h4-5,8,11H,1-3,6-7H2,(H,12,14). The quantitative estimate of drug-likeness (QED) is 0.764. The highest BCUT2D eigenvalue weighted by molar-refractivity contribution is 5.42. The second kappa shape index (κ2) is 4.62. The van der Waals surface area contributed by atoms with Crippen molar-refractivity contribution in [3.63, 3.8) is 0 Å². The highest BCUT2D eigenvalue weighted by Crippen LogP contribution is 2.10. The SMILES string of the molecule is c1cc2nnnn2nc1NC1CCCCNC1. The zero-order valence-electron chi connectivity index (χ0n) is 9.50. The van der Waals surface area contributed by atoms with Crippen LogP contribution >= 0.6 is 0 Å². The van der Waals surface area contributed by atoms with Gasteiger partial charge in [0, 0.05) is 12.6 Å². The third-order valence-corrected chi connectivity index (χ3v) is 2.97. The number of hydrogen-bond donors (Lipinski definition) is 2. The first-order valence-electron chi connectivity index (χ1n) is 5.94. The molecule has 17 heavy (non-hydrogen) atoms. The first kappa shape index (κ1) is 10.4. The Morgan fingerprint density at radius 3 is 3.35 bits per heavy atom. The third-order valence-electron chi connectivity index (χ3n) is 2.97. The maximum atomic E-state index is 4.30. The Kier molecular flexibility index (Phi) is 2.83. The molecule has 0 spiro atoms. The molecule has 2 aromatic rings. The average Bonchev–Trinajstić information content (AvgIpc) is 2.65. The number of rotatable bonds is 2. The number of tetrazole rings is 1. The molecule has 1 aliphatic heterocycles. The second-order valence-electron chi connectivity index (χ2n) is 4.29. The molecule has 2 N–H and O–H groups in total. The third kappa shape index (κ3) is 2.33. The maximum Gasteiger partial charge on any atom is 0.200 e. The molecule has 90 valence electrons. The van der Waals surface area contributed by atoms with Crippen molar-refractivity contribution in [2.75, 3.05) is 18.4 Å². The van der Waals surface area contributed by atoms with Gasteiger partial charge in [0.05, 0.1) is 0 Å². The van der Waals surface area contributed by atoms with Crippen LogP contribution in [0.25, 0.3) is 5.65 Å². The minimum absolute atomic E-state index is 0.430. The fraction of sp³-hybridized carbons (Fsp3) is 0.600. The van der Waals surface area contributed by atoms with Crippen LogP contribution in [0.3, 0.4) is 0 Å². The molecule has 1 unspecified atom stereocenters. The van der Waals surface area contributed by atoms with Gasteiger partial charge >= 0.3 is 0 Å². The Morgan fingerprint density at radius 1 is 1.35 bits per heavy atom. The van der Waals surface area contributed by atoms with Crippen LogP contribution in [0.2, 0.25) is 0 Å². The summed E-state index contributed by atoms with van der Waals surface area (Å²) in [5.41, 5.74) is 0.662. The zero-order valence-corrected chi connectivity index (χ0v) is 9.50. The summed E-state index contributed by atoms with van der Waals surface area (Å²) in [5.74, 6) is 0.818. The van der Waals surface area contributed by atoms with Crippen molar-refractivity contribution < 1.29 is 0 Å². The van der Waals surface area contributed by atoms with E-state index in [1.165, 1.54) is 23.9 Å². The molecule has 1 atom stereocenters. The van der Waals surface area contributed by atoms with E-state index in [0.717, 1.165) is 18.9 Å². The molecule has 0 saturated carbocycles. The summed E-state index contributed by atoms with van der Waals surface area (Å²) >= 11 is 0. The van der Waals surface area contributed by atoms with Crippen molar-refractivity contribution in [3.8, 4) is 0 Å². The topological polar surface area (TPSA) is 80.0 Å². The molecule has 2 aromatic heterocycles. The summed E-state index contributed by atoms with van der Waals surface area (Å²) in [6.07, 6.45) is 3.66. The van der Waals surface area contributed by atoms with Gasteiger partial charge in [-0.25, -0.2) is 0 Å². The van der Waals surface area contributed by atoms with Crippen molar-refractivity contribution in [3.05, 3.63) is 12.1 Å². The molecule has 1 saturated heterocycles. The van der Waals surface area contributed by atoms with Gasteiger partial charge in [-0.05, 0) is 41.9 Å². The van der Waals surface area contributed by atoms with E-state index < -0.39 is 0 Å². The fourth-order valence-corrected chi connectivity index (χ4v) is 2.08. The molecule has 1 fully saturated rings. The van der Waals surface area contributed by atoms with Crippen molar-refractivity contribution >= 4 is 11.5 Å². The summed E-state index contributed by atoms with van der Waals surface area (Å²) in [6.45, 7) is 2.09. The second-order valence-corrected chi connectivity index (χ2v) is 4.29. The van der Waals surface area contributed by atoms with Crippen molar-refractivity contribution in [2.45, 2.75) is 25.3 Å². The first-order chi connectivity index (χ1) is 8.42. The maximum absolute atomic E-state index is 4.30. The molecule has 0 bridgehead atoms. The van der Waals surface area contributed by atoms with Gasteiger partial charge in [0.25, 0.3) is 0 Å². The van der Waals surface area contributed by atoms with E-state index in [-0.39, 0.29) is 0 Å². The van der Waals surface area contributed by atoms with E-state index in [0.29, 0.717) is 11.7 Å². The van der Waals surface area contributed by atoms with Gasteiger partial charge in [-0.3, -0.25) is 0 Å².